The minimum absolute atomic E-state index is 0.180. The number of halogens is 1. The fourth-order valence-electron chi connectivity index (χ4n) is 8.93. The number of amides is 3. The molecule has 8 rings (SSSR count). The first kappa shape index (κ1) is 45.1. The zero-order chi connectivity index (χ0) is 44.8. The molecule has 0 aliphatic carbocycles. The van der Waals surface area contributed by atoms with E-state index < -0.39 is 19.5 Å². The number of carbonyl (C=O) groups is 3. The number of para-hydroxylation sites is 1. The number of ether oxygens (including phenoxy) is 1. The zero-order valence-corrected chi connectivity index (χ0v) is 37.9. The maximum absolute atomic E-state index is 13.2. The van der Waals surface area contributed by atoms with Crippen LogP contribution in [0.25, 0.3) is 0 Å². The van der Waals surface area contributed by atoms with E-state index in [1.807, 2.05) is 24.3 Å². The number of imide groups is 1. The number of hydrogen-bond donors (Lipinski definition) is 3. The molecule has 0 saturated carbocycles. The molecule has 3 saturated heterocycles. The topological polar surface area (TPSA) is 171 Å². The molecule has 0 spiro atoms. The number of piperazine rings is 1. The molecule has 4 aromatic rings. The molecule has 5 heterocycles. The van der Waals surface area contributed by atoms with Crippen LogP contribution in [0.1, 0.15) is 60.0 Å². The third-order valence-electron chi connectivity index (χ3n) is 12.4. The predicted octanol–water partition coefficient (Wildman–Crippen LogP) is 5.92. The van der Waals surface area contributed by atoms with Crippen molar-refractivity contribution in [2.75, 3.05) is 82.7 Å². The standard InChI is InChI=1S/C46H53ClN9O7P/c1-61-40-28-33(15-16-37(40)50-46-48-29-36(47)43(52-46)49-38-13-6-7-14-41(38)64(60,62-2)63-3)54-22-19-32(20-23-54)55-26-24-53(25-27-55)21-8-4-5-10-31-11-9-12-34-35(31)30-56(45(34)59)39-17-18-42(57)51-44(39)58/h6-7,9,11-16,28-29,32,39H,4,8,17-27,30H2,1-3H3,(H,51,57,58)(H2,48,49,50,52). The summed E-state index contributed by atoms with van der Waals surface area (Å²) in [5.41, 5.74) is 4.53. The fourth-order valence-corrected chi connectivity index (χ4v) is 10.3. The lowest BCUT2D eigenvalue weighted by Crippen LogP contribution is -2.53. The van der Waals surface area contributed by atoms with E-state index >= 15 is 0 Å². The van der Waals surface area contributed by atoms with Gasteiger partial charge in [0.1, 0.15) is 16.8 Å². The molecule has 4 aliphatic heterocycles. The van der Waals surface area contributed by atoms with Crippen molar-refractivity contribution in [3.8, 4) is 17.6 Å². The van der Waals surface area contributed by atoms with E-state index in [0.29, 0.717) is 58.8 Å². The van der Waals surface area contributed by atoms with Crippen LogP contribution >= 0.6 is 19.2 Å². The van der Waals surface area contributed by atoms with Gasteiger partial charge in [0.05, 0.1) is 30.0 Å². The normalized spacial score (nSPS) is 18.6. The van der Waals surface area contributed by atoms with Crippen molar-refractivity contribution in [2.24, 2.45) is 0 Å². The third-order valence-corrected chi connectivity index (χ3v) is 14.7. The van der Waals surface area contributed by atoms with Crippen LogP contribution < -0.4 is 30.9 Å². The second-order valence-corrected chi connectivity index (χ2v) is 18.8. The summed E-state index contributed by atoms with van der Waals surface area (Å²) < 4.78 is 29.5. The molecule has 0 bridgehead atoms. The third kappa shape index (κ3) is 9.90. The molecule has 1 aromatic heterocycles. The Bertz CT molecular complexity index is 2490. The van der Waals surface area contributed by atoms with Crippen molar-refractivity contribution in [3.63, 3.8) is 0 Å². The maximum atomic E-state index is 13.2. The molecule has 336 valence electrons. The first-order valence-corrected chi connectivity index (χ1v) is 23.5. The molecule has 4 aliphatic rings. The van der Waals surface area contributed by atoms with Gasteiger partial charge in [0, 0.05) is 102 Å². The van der Waals surface area contributed by atoms with Gasteiger partial charge in [-0.25, -0.2) is 4.98 Å². The van der Waals surface area contributed by atoms with Crippen molar-refractivity contribution in [1.29, 1.82) is 0 Å². The van der Waals surface area contributed by atoms with Crippen molar-refractivity contribution in [2.45, 2.75) is 57.2 Å². The number of unbranched alkanes of at least 4 members (excludes halogenated alkanes) is 1. The number of hydrogen-bond acceptors (Lipinski definition) is 14. The van der Waals surface area contributed by atoms with E-state index in [9.17, 15) is 18.9 Å². The summed E-state index contributed by atoms with van der Waals surface area (Å²) in [6.45, 7) is 7.39. The van der Waals surface area contributed by atoms with E-state index in [4.69, 9.17) is 25.4 Å². The Morgan fingerprint density at radius 3 is 2.44 bits per heavy atom. The largest absolute Gasteiger partial charge is 0.494 e. The highest BCUT2D eigenvalue weighted by molar-refractivity contribution is 7.62. The summed E-state index contributed by atoms with van der Waals surface area (Å²) in [6, 6.07) is 18.5. The van der Waals surface area contributed by atoms with Crippen molar-refractivity contribution >= 4 is 71.1 Å². The van der Waals surface area contributed by atoms with Gasteiger partial charge in [0.15, 0.2) is 5.82 Å². The van der Waals surface area contributed by atoms with Crippen LogP contribution in [0.3, 0.4) is 0 Å². The summed E-state index contributed by atoms with van der Waals surface area (Å²) in [6.07, 6.45) is 5.95. The number of anilines is 5. The zero-order valence-electron chi connectivity index (χ0n) is 36.3. The second kappa shape index (κ2) is 20.1. The summed E-state index contributed by atoms with van der Waals surface area (Å²) in [5.74, 6) is 7.00. The summed E-state index contributed by atoms with van der Waals surface area (Å²) in [7, 11) is 0.748. The molecule has 3 aromatic carbocycles. The van der Waals surface area contributed by atoms with Crippen molar-refractivity contribution < 1.29 is 32.7 Å². The van der Waals surface area contributed by atoms with Gasteiger partial charge in [-0.15, -0.1) is 0 Å². The molecule has 0 radical (unpaired) electrons. The highest BCUT2D eigenvalue weighted by Crippen LogP contribution is 2.47. The lowest BCUT2D eigenvalue weighted by Gasteiger charge is -2.43. The number of nitrogens with one attached hydrogen (secondary N) is 3. The van der Waals surface area contributed by atoms with Crippen LogP contribution in [0.2, 0.25) is 5.02 Å². The molecular formula is C46H53ClN9O7P. The van der Waals surface area contributed by atoms with Crippen LogP contribution in [0, 0.1) is 11.8 Å². The molecule has 16 nitrogen and oxygen atoms in total. The van der Waals surface area contributed by atoms with Crippen molar-refractivity contribution in [1.82, 2.24) is 30.0 Å². The number of aromatic nitrogens is 2. The lowest BCUT2D eigenvalue weighted by atomic mass is 10.0. The van der Waals surface area contributed by atoms with E-state index in [1.54, 1.807) is 42.3 Å². The molecular weight excluding hydrogens is 857 g/mol. The van der Waals surface area contributed by atoms with Gasteiger partial charge in [-0.1, -0.05) is 41.6 Å². The van der Waals surface area contributed by atoms with Crippen LogP contribution in [-0.2, 0) is 29.7 Å². The summed E-state index contributed by atoms with van der Waals surface area (Å²) in [4.78, 5) is 55.4. The summed E-state index contributed by atoms with van der Waals surface area (Å²) in [5, 5.41) is 9.40. The Morgan fingerprint density at radius 1 is 0.906 bits per heavy atom. The van der Waals surface area contributed by atoms with E-state index in [0.717, 1.165) is 88.3 Å². The van der Waals surface area contributed by atoms with Gasteiger partial charge in [-0.05, 0) is 74.2 Å². The Labute approximate surface area is 378 Å². The average molecular weight is 910 g/mol. The Morgan fingerprint density at radius 2 is 1.69 bits per heavy atom. The van der Waals surface area contributed by atoms with Gasteiger partial charge in [-0.2, -0.15) is 4.98 Å². The maximum Gasteiger partial charge on any atom is 0.362 e. The SMILES string of the molecule is COc1cc(N2CCC(N3CCN(CCCC#Cc4cccc5c4CN(C4CCC(=O)NC4=O)C5=O)CC3)CC2)ccc1Nc1ncc(Cl)c(Nc2ccccc2P(=O)(OC)OC)n1. The number of nitrogens with zero attached hydrogens (tertiary/aromatic N) is 6. The van der Waals surface area contributed by atoms with Crippen LogP contribution in [0.15, 0.2) is 66.9 Å². The Kier molecular flexibility index (Phi) is 14.2. The minimum atomic E-state index is -3.56. The number of methoxy groups -OCH3 is 1. The first-order valence-electron chi connectivity index (χ1n) is 21.6. The highest BCUT2D eigenvalue weighted by atomic mass is 35.5. The first-order chi connectivity index (χ1) is 31.1. The monoisotopic (exact) mass is 909 g/mol. The number of benzene rings is 3. The van der Waals surface area contributed by atoms with E-state index in [2.05, 4.69) is 58.5 Å². The van der Waals surface area contributed by atoms with Crippen LogP contribution in [0.5, 0.6) is 5.75 Å². The number of rotatable bonds is 14. The fraction of sp³-hybridized carbons (Fsp3) is 0.413. The molecule has 3 fully saturated rings. The molecule has 18 heteroatoms. The second-order valence-electron chi connectivity index (χ2n) is 16.1. The summed E-state index contributed by atoms with van der Waals surface area (Å²) >= 11 is 6.49. The Balaban J connectivity index is 0.787. The smallest absolute Gasteiger partial charge is 0.362 e. The van der Waals surface area contributed by atoms with E-state index in [-0.39, 0.29) is 23.3 Å². The molecule has 1 atom stereocenters. The molecule has 64 heavy (non-hydrogen) atoms. The average Bonchev–Trinajstić information content (AvgIpc) is 3.66. The van der Waals surface area contributed by atoms with Crippen LogP contribution in [-0.4, -0.2) is 122 Å². The molecule has 1 unspecified atom stereocenters. The number of piperidine rings is 2. The van der Waals surface area contributed by atoms with Gasteiger partial charge in [0.25, 0.3) is 5.91 Å². The lowest BCUT2D eigenvalue weighted by molar-refractivity contribution is -0.136. The molecule has 3 amide bonds. The van der Waals surface area contributed by atoms with Crippen LogP contribution in [0.4, 0.5) is 28.8 Å². The molecule has 3 N–H and O–H groups in total. The quantitative estimate of drug-likeness (QED) is 0.0590. The van der Waals surface area contributed by atoms with E-state index in [1.165, 1.54) is 20.4 Å². The number of carbonyl (C=O) groups excluding carboxylic acids is 3. The van der Waals surface area contributed by atoms with Gasteiger partial charge in [0.2, 0.25) is 17.8 Å². The Hall–Kier alpha value is -5.53. The minimum Gasteiger partial charge on any atom is -0.494 e. The number of fused-ring (bicyclic) bond motifs is 1. The predicted molar refractivity (Wildman–Crippen MR) is 246 cm³/mol. The van der Waals surface area contributed by atoms with Gasteiger partial charge >= 0.3 is 7.60 Å². The highest BCUT2D eigenvalue weighted by Gasteiger charge is 2.40. The van der Waals surface area contributed by atoms with Crippen molar-refractivity contribution in [3.05, 3.63) is 88.6 Å². The van der Waals surface area contributed by atoms with Gasteiger partial charge < -0.3 is 39.1 Å². The van der Waals surface area contributed by atoms with Gasteiger partial charge in [-0.3, -0.25) is 29.2 Å².